The Labute approximate surface area is 153 Å². The number of aryl methyl sites for hydroxylation is 1. The van der Waals surface area contributed by atoms with Crippen molar-refractivity contribution in [2.75, 3.05) is 0 Å². The van der Waals surface area contributed by atoms with Gasteiger partial charge in [-0.3, -0.25) is 4.40 Å². The summed E-state index contributed by atoms with van der Waals surface area (Å²) in [5.74, 6) is 0.640. The number of thioether (sulfide) groups is 1. The van der Waals surface area contributed by atoms with Crippen molar-refractivity contribution in [1.82, 2.24) is 14.6 Å². The summed E-state index contributed by atoms with van der Waals surface area (Å²) in [5, 5.41) is 12.0. The normalized spacial score (nSPS) is 11.5. The second-order valence-corrected chi connectivity index (χ2v) is 7.27. The molecule has 0 bridgehead atoms. The van der Waals surface area contributed by atoms with Crippen LogP contribution in [-0.4, -0.2) is 14.6 Å². The van der Waals surface area contributed by atoms with Gasteiger partial charge in [0.1, 0.15) is 0 Å². The van der Waals surface area contributed by atoms with E-state index in [4.69, 9.17) is 23.2 Å². The first kappa shape index (κ1) is 15.8. The van der Waals surface area contributed by atoms with Crippen LogP contribution in [0.15, 0.2) is 53.7 Å². The number of para-hydroxylation sites is 1. The lowest BCUT2D eigenvalue weighted by Crippen LogP contribution is -1.93. The quantitative estimate of drug-likeness (QED) is 0.425. The third-order valence-electron chi connectivity index (χ3n) is 3.98. The van der Waals surface area contributed by atoms with Gasteiger partial charge in [-0.05, 0) is 42.3 Å². The molecule has 120 valence electrons. The zero-order valence-corrected chi connectivity index (χ0v) is 15.2. The fourth-order valence-corrected chi connectivity index (χ4v) is 4.47. The van der Waals surface area contributed by atoms with E-state index in [1.54, 1.807) is 11.8 Å². The highest BCUT2D eigenvalue weighted by Gasteiger charge is 2.13. The van der Waals surface area contributed by atoms with E-state index in [9.17, 15) is 0 Å². The number of hydrogen-bond acceptors (Lipinski definition) is 3. The smallest absolute Gasteiger partial charge is 0.196 e. The minimum atomic E-state index is 0.640. The van der Waals surface area contributed by atoms with Crippen molar-refractivity contribution >= 4 is 51.5 Å². The molecule has 6 heteroatoms. The standard InChI is InChI=1S/C18H13Cl2N3S/c1-11-9-17-21-22-18(23(17)16-8-3-2-5-12(11)16)24-10-13-14(19)6-4-7-15(13)20/h2-9H,10H2,1H3. The lowest BCUT2D eigenvalue weighted by Gasteiger charge is -2.08. The summed E-state index contributed by atoms with van der Waals surface area (Å²) in [5.41, 5.74) is 4.06. The Bertz CT molecular complexity index is 1040. The van der Waals surface area contributed by atoms with Crippen LogP contribution in [0.2, 0.25) is 10.0 Å². The highest BCUT2D eigenvalue weighted by molar-refractivity contribution is 7.98. The summed E-state index contributed by atoms with van der Waals surface area (Å²) in [4.78, 5) is 0. The maximum absolute atomic E-state index is 6.26. The van der Waals surface area contributed by atoms with Crippen LogP contribution in [0, 0.1) is 6.92 Å². The first-order chi connectivity index (χ1) is 11.6. The van der Waals surface area contributed by atoms with E-state index >= 15 is 0 Å². The van der Waals surface area contributed by atoms with Gasteiger partial charge in [0.15, 0.2) is 10.8 Å². The van der Waals surface area contributed by atoms with Crippen LogP contribution in [0.5, 0.6) is 0 Å². The van der Waals surface area contributed by atoms with Gasteiger partial charge >= 0.3 is 0 Å². The monoisotopic (exact) mass is 373 g/mol. The van der Waals surface area contributed by atoms with Crippen molar-refractivity contribution < 1.29 is 0 Å². The van der Waals surface area contributed by atoms with E-state index in [0.29, 0.717) is 15.8 Å². The lowest BCUT2D eigenvalue weighted by atomic mass is 10.1. The van der Waals surface area contributed by atoms with Crippen LogP contribution in [0.3, 0.4) is 0 Å². The third-order valence-corrected chi connectivity index (χ3v) is 5.64. The molecule has 0 saturated heterocycles. The Balaban J connectivity index is 1.79. The predicted octanol–water partition coefficient (Wildman–Crippen LogP) is 5.79. The average Bonchev–Trinajstić information content (AvgIpc) is 2.98. The summed E-state index contributed by atoms with van der Waals surface area (Å²) >= 11 is 14.1. The number of benzene rings is 2. The number of nitrogens with zero attached hydrogens (tertiary/aromatic N) is 3. The van der Waals surface area contributed by atoms with E-state index in [2.05, 4.69) is 39.7 Å². The molecule has 0 amide bonds. The van der Waals surface area contributed by atoms with Gasteiger partial charge in [0.25, 0.3) is 0 Å². The van der Waals surface area contributed by atoms with Crippen LogP contribution in [0.25, 0.3) is 16.6 Å². The first-order valence-electron chi connectivity index (χ1n) is 7.44. The molecule has 0 N–H and O–H groups in total. The number of fused-ring (bicyclic) bond motifs is 3. The Morgan fingerprint density at radius 1 is 1.00 bits per heavy atom. The highest BCUT2D eigenvalue weighted by atomic mass is 35.5. The lowest BCUT2D eigenvalue weighted by molar-refractivity contribution is 0.939. The van der Waals surface area contributed by atoms with Gasteiger partial charge in [-0.15, -0.1) is 10.2 Å². The van der Waals surface area contributed by atoms with Gasteiger partial charge in [-0.1, -0.05) is 59.2 Å². The van der Waals surface area contributed by atoms with E-state index in [1.807, 2.05) is 30.3 Å². The molecule has 2 aromatic heterocycles. The molecule has 3 nitrogen and oxygen atoms in total. The fourth-order valence-electron chi connectivity index (χ4n) is 2.78. The van der Waals surface area contributed by atoms with Gasteiger partial charge in [-0.25, -0.2) is 0 Å². The van der Waals surface area contributed by atoms with Crippen molar-refractivity contribution in [2.45, 2.75) is 17.8 Å². The van der Waals surface area contributed by atoms with Crippen molar-refractivity contribution in [3.63, 3.8) is 0 Å². The minimum absolute atomic E-state index is 0.640. The summed E-state index contributed by atoms with van der Waals surface area (Å²) in [6, 6.07) is 15.9. The molecule has 0 fully saturated rings. The molecule has 0 atom stereocenters. The number of rotatable bonds is 3. The number of hydrogen-bond donors (Lipinski definition) is 0. The van der Waals surface area contributed by atoms with Crippen LogP contribution in [0.4, 0.5) is 0 Å². The Hall–Kier alpha value is -1.75. The molecule has 0 spiro atoms. The molecule has 24 heavy (non-hydrogen) atoms. The number of aromatic nitrogens is 3. The summed E-state index contributed by atoms with van der Waals surface area (Å²) in [6.07, 6.45) is 0. The maximum atomic E-state index is 6.26. The van der Waals surface area contributed by atoms with E-state index in [1.165, 1.54) is 10.9 Å². The molecule has 0 unspecified atom stereocenters. The molecule has 4 aromatic rings. The molecule has 0 aliphatic heterocycles. The van der Waals surface area contributed by atoms with E-state index < -0.39 is 0 Å². The van der Waals surface area contributed by atoms with E-state index in [0.717, 1.165) is 21.9 Å². The molecule has 0 radical (unpaired) electrons. The molecular weight excluding hydrogens is 361 g/mol. The topological polar surface area (TPSA) is 30.2 Å². The zero-order chi connectivity index (χ0) is 16.7. The zero-order valence-electron chi connectivity index (χ0n) is 12.8. The largest absolute Gasteiger partial charge is 0.270 e. The van der Waals surface area contributed by atoms with Crippen LogP contribution in [-0.2, 0) is 5.75 Å². The van der Waals surface area contributed by atoms with Crippen LogP contribution in [0.1, 0.15) is 11.1 Å². The Morgan fingerprint density at radius 2 is 1.75 bits per heavy atom. The van der Waals surface area contributed by atoms with Crippen molar-refractivity contribution in [3.05, 3.63) is 69.7 Å². The molecule has 0 saturated carbocycles. The predicted molar refractivity (Wildman–Crippen MR) is 101 cm³/mol. The van der Waals surface area contributed by atoms with Gasteiger partial charge in [0.2, 0.25) is 0 Å². The fraction of sp³-hybridized carbons (Fsp3) is 0.111. The third kappa shape index (κ3) is 2.65. The molecule has 2 heterocycles. The Kier molecular flexibility index (Phi) is 4.12. The second kappa shape index (κ2) is 6.28. The molecule has 4 rings (SSSR count). The molecular formula is C18H13Cl2N3S. The van der Waals surface area contributed by atoms with Gasteiger partial charge in [0, 0.05) is 21.2 Å². The van der Waals surface area contributed by atoms with Crippen molar-refractivity contribution in [1.29, 1.82) is 0 Å². The van der Waals surface area contributed by atoms with Crippen molar-refractivity contribution in [2.24, 2.45) is 0 Å². The maximum Gasteiger partial charge on any atom is 0.196 e. The molecule has 2 aromatic carbocycles. The van der Waals surface area contributed by atoms with Gasteiger partial charge in [0.05, 0.1) is 5.52 Å². The van der Waals surface area contributed by atoms with Crippen LogP contribution >= 0.6 is 35.0 Å². The van der Waals surface area contributed by atoms with Crippen molar-refractivity contribution in [3.8, 4) is 0 Å². The van der Waals surface area contributed by atoms with Crippen LogP contribution < -0.4 is 0 Å². The summed E-state index contributed by atoms with van der Waals surface area (Å²) < 4.78 is 2.08. The molecule has 0 aliphatic carbocycles. The average molecular weight is 374 g/mol. The SMILES string of the molecule is Cc1cc2nnc(SCc3c(Cl)cccc3Cl)n2c2ccccc12. The van der Waals surface area contributed by atoms with Gasteiger partial charge < -0.3 is 0 Å². The Morgan fingerprint density at radius 3 is 2.54 bits per heavy atom. The van der Waals surface area contributed by atoms with Gasteiger partial charge in [-0.2, -0.15) is 0 Å². The first-order valence-corrected chi connectivity index (χ1v) is 9.18. The minimum Gasteiger partial charge on any atom is -0.270 e. The number of pyridine rings is 1. The second-order valence-electron chi connectivity index (χ2n) is 5.51. The summed E-state index contributed by atoms with van der Waals surface area (Å²) in [7, 11) is 0. The van der Waals surface area contributed by atoms with E-state index in [-0.39, 0.29) is 0 Å². The molecule has 0 aliphatic rings. The highest BCUT2D eigenvalue weighted by Crippen LogP contribution is 2.32. The number of halogens is 2. The summed E-state index contributed by atoms with van der Waals surface area (Å²) in [6.45, 7) is 2.09.